The molecule has 0 radical (unpaired) electrons. The maximum atomic E-state index is 5.24. The van der Waals surface area contributed by atoms with E-state index in [1.165, 1.54) is 60.5 Å². The van der Waals surface area contributed by atoms with Gasteiger partial charge < -0.3 is 4.57 Å². The second-order valence-electron chi connectivity index (χ2n) is 13.8. The molecule has 0 fully saturated rings. The molecule has 11 aromatic rings. The largest absolute Gasteiger partial charge is 0.309 e. The summed E-state index contributed by atoms with van der Waals surface area (Å²) in [5.41, 5.74) is 13.4. The zero-order valence-corrected chi connectivity index (χ0v) is 29.3. The Kier molecular flexibility index (Phi) is 6.82. The molecular weight excluding hydrogens is 657 g/mol. The van der Waals surface area contributed by atoms with Crippen molar-refractivity contribution in [2.45, 2.75) is 0 Å². The summed E-state index contributed by atoms with van der Waals surface area (Å²) in [7, 11) is 0. The molecule has 54 heavy (non-hydrogen) atoms. The molecule has 0 N–H and O–H groups in total. The minimum atomic E-state index is 0.666. The third-order valence-electron chi connectivity index (χ3n) is 10.7. The molecule has 3 aromatic heterocycles. The minimum absolute atomic E-state index is 0.666. The smallest absolute Gasteiger partial charge is 0.235 e. The summed E-state index contributed by atoms with van der Waals surface area (Å²) in [4.78, 5) is 10.4. The van der Waals surface area contributed by atoms with E-state index < -0.39 is 0 Å². The maximum absolute atomic E-state index is 5.24. The van der Waals surface area contributed by atoms with Crippen LogP contribution in [0.4, 0.5) is 0 Å². The summed E-state index contributed by atoms with van der Waals surface area (Å²) in [6.07, 6.45) is 0. The van der Waals surface area contributed by atoms with Gasteiger partial charge in [-0.3, -0.25) is 4.57 Å². The molecule has 0 saturated carbocycles. The van der Waals surface area contributed by atoms with Gasteiger partial charge in [-0.15, -0.1) is 0 Å². The minimum Gasteiger partial charge on any atom is -0.309 e. The van der Waals surface area contributed by atoms with E-state index >= 15 is 0 Å². The van der Waals surface area contributed by atoms with Crippen molar-refractivity contribution < 1.29 is 0 Å². The summed E-state index contributed by atoms with van der Waals surface area (Å²) < 4.78 is 4.57. The highest BCUT2D eigenvalue weighted by molar-refractivity contribution is 6.11. The highest BCUT2D eigenvalue weighted by Gasteiger charge is 2.18. The van der Waals surface area contributed by atoms with E-state index in [-0.39, 0.29) is 0 Å². The van der Waals surface area contributed by atoms with E-state index in [4.69, 9.17) is 9.97 Å². The van der Waals surface area contributed by atoms with Crippen molar-refractivity contribution in [3.8, 4) is 45.1 Å². The lowest BCUT2D eigenvalue weighted by atomic mass is 9.98. The van der Waals surface area contributed by atoms with Crippen LogP contribution in [0, 0.1) is 0 Å². The van der Waals surface area contributed by atoms with Gasteiger partial charge >= 0.3 is 0 Å². The average molecular weight is 689 g/mol. The lowest BCUT2D eigenvalue weighted by molar-refractivity contribution is 1.01. The Balaban J connectivity index is 1.00. The average Bonchev–Trinajstić information content (AvgIpc) is 3.76. The van der Waals surface area contributed by atoms with Gasteiger partial charge in [0.25, 0.3) is 0 Å². The molecule has 0 unspecified atom stereocenters. The van der Waals surface area contributed by atoms with Gasteiger partial charge in [-0.2, -0.15) is 0 Å². The van der Waals surface area contributed by atoms with Gasteiger partial charge in [0.05, 0.1) is 33.3 Å². The third-order valence-corrected chi connectivity index (χ3v) is 10.7. The summed E-state index contributed by atoms with van der Waals surface area (Å²) >= 11 is 0. The molecule has 3 heterocycles. The second kappa shape index (κ2) is 12.1. The summed E-state index contributed by atoms with van der Waals surface area (Å²) in [5, 5.41) is 5.90. The third kappa shape index (κ3) is 4.78. The normalized spacial score (nSPS) is 11.7. The molecule has 0 saturated heterocycles. The number of nitrogens with zero attached hydrogens (tertiary/aromatic N) is 4. The van der Waals surface area contributed by atoms with E-state index in [0.717, 1.165) is 33.2 Å². The molecule has 11 rings (SSSR count). The number of hydrogen-bond donors (Lipinski definition) is 0. The Hall–Kier alpha value is -7.30. The molecule has 252 valence electrons. The quantitative estimate of drug-likeness (QED) is 0.180. The van der Waals surface area contributed by atoms with Gasteiger partial charge in [-0.25, -0.2) is 9.97 Å². The van der Waals surface area contributed by atoms with Gasteiger partial charge in [0.2, 0.25) is 5.95 Å². The lowest BCUT2D eigenvalue weighted by Crippen LogP contribution is -2.03. The van der Waals surface area contributed by atoms with Crippen LogP contribution >= 0.6 is 0 Å². The zero-order chi connectivity index (χ0) is 35.6. The van der Waals surface area contributed by atoms with Gasteiger partial charge in [0, 0.05) is 38.2 Å². The summed E-state index contributed by atoms with van der Waals surface area (Å²) in [6.45, 7) is 0. The van der Waals surface area contributed by atoms with Crippen LogP contribution in [0.1, 0.15) is 0 Å². The first-order valence-electron chi connectivity index (χ1n) is 18.3. The van der Waals surface area contributed by atoms with Crippen molar-refractivity contribution in [2.75, 3.05) is 0 Å². The predicted octanol–water partition coefficient (Wildman–Crippen LogP) is 12.8. The Labute approximate surface area is 311 Å². The maximum Gasteiger partial charge on any atom is 0.235 e. The van der Waals surface area contributed by atoms with Crippen LogP contribution < -0.4 is 0 Å². The molecule has 0 atom stereocenters. The standard InChI is InChI=1S/C50H32N4/c1-3-13-35(14-4-1)49-41-19-7-10-20-44(41)51-50(52-49)54-46-22-12-9-18-40(46)43-32-37(28-30-48(43)54)34-25-23-33(24-26-34)36-27-29-47-42(31-36)39-17-8-11-21-45(39)53(47)38-15-5-2-6-16-38/h1-32H. The Morgan fingerprint density at radius 3 is 1.39 bits per heavy atom. The first kappa shape index (κ1) is 30.3. The van der Waals surface area contributed by atoms with Crippen LogP contribution in [0.2, 0.25) is 0 Å². The molecular formula is C50H32N4. The number of benzene rings is 8. The van der Waals surface area contributed by atoms with Crippen molar-refractivity contribution in [3.05, 3.63) is 194 Å². The molecule has 0 bridgehead atoms. The van der Waals surface area contributed by atoms with E-state index in [2.05, 4.69) is 191 Å². The molecule has 0 aliphatic carbocycles. The van der Waals surface area contributed by atoms with Gasteiger partial charge in [-0.05, 0) is 76.9 Å². The molecule has 0 aliphatic rings. The van der Waals surface area contributed by atoms with E-state index in [1.54, 1.807) is 0 Å². The molecule has 8 aromatic carbocycles. The second-order valence-corrected chi connectivity index (χ2v) is 13.8. The van der Waals surface area contributed by atoms with Crippen molar-refractivity contribution in [3.63, 3.8) is 0 Å². The first-order chi connectivity index (χ1) is 26.8. The van der Waals surface area contributed by atoms with Crippen molar-refractivity contribution >= 4 is 54.5 Å². The Morgan fingerprint density at radius 1 is 0.296 bits per heavy atom. The Bertz CT molecular complexity index is 3190. The number of fused-ring (bicyclic) bond motifs is 7. The lowest BCUT2D eigenvalue weighted by Gasteiger charge is -2.12. The summed E-state index contributed by atoms with van der Waals surface area (Å²) in [5.74, 6) is 0.666. The van der Waals surface area contributed by atoms with Crippen molar-refractivity contribution in [1.29, 1.82) is 0 Å². The molecule has 0 spiro atoms. The monoisotopic (exact) mass is 688 g/mol. The zero-order valence-electron chi connectivity index (χ0n) is 29.3. The highest BCUT2D eigenvalue weighted by Crippen LogP contribution is 2.38. The van der Waals surface area contributed by atoms with Crippen LogP contribution in [-0.2, 0) is 0 Å². The molecule has 0 aliphatic heterocycles. The van der Waals surface area contributed by atoms with E-state index in [0.29, 0.717) is 5.95 Å². The Morgan fingerprint density at radius 2 is 0.759 bits per heavy atom. The number of para-hydroxylation sites is 4. The number of hydrogen-bond acceptors (Lipinski definition) is 2. The van der Waals surface area contributed by atoms with Gasteiger partial charge in [-0.1, -0.05) is 140 Å². The van der Waals surface area contributed by atoms with Crippen LogP contribution in [0.5, 0.6) is 0 Å². The predicted molar refractivity (Wildman–Crippen MR) is 225 cm³/mol. The van der Waals surface area contributed by atoms with E-state index in [9.17, 15) is 0 Å². The molecule has 4 heteroatoms. The molecule has 4 nitrogen and oxygen atoms in total. The van der Waals surface area contributed by atoms with Crippen LogP contribution in [0.25, 0.3) is 99.7 Å². The fourth-order valence-electron chi connectivity index (χ4n) is 8.21. The SMILES string of the molecule is c1ccc(-c2nc(-n3c4ccccc4c4cc(-c5ccc(-c6ccc7c(c6)c6ccccc6n7-c6ccccc6)cc5)ccc43)nc3ccccc23)cc1. The van der Waals surface area contributed by atoms with Crippen LogP contribution in [0.15, 0.2) is 194 Å². The summed E-state index contributed by atoms with van der Waals surface area (Å²) in [6, 6.07) is 69.1. The fraction of sp³-hybridized carbons (Fsp3) is 0. The van der Waals surface area contributed by atoms with E-state index in [1.807, 2.05) is 12.1 Å². The van der Waals surface area contributed by atoms with Crippen molar-refractivity contribution in [1.82, 2.24) is 19.1 Å². The number of rotatable bonds is 5. The highest BCUT2D eigenvalue weighted by atomic mass is 15.2. The topological polar surface area (TPSA) is 35.6 Å². The molecule has 0 amide bonds. The van der Waals surface area contributed by atoms with Gasteiger partial charge in [0.1, 0.15) is 0 Å². The van der Waals surface area contributed by atoms with Gasteiger partial charge in [0.15, 0.2) is 0 Å². The first-order valence-corrected chi connectivity index (χ1v) is 18.3. The van der Waals surface area contributed by atoms with Crippen molar-refractivity contribution in [2.24, 2.45) is 0 Å². The van der Waals surface area contributed by atoms with Crippen LogP contribution in [0.3, 0.4) is 0 Å². The number of aromatic nitrogens is 4. The van der Waals surface area contributed by atoms with Crippen LogP contribution in [-0.4, -0.2) is 19.1 Å². The fourth-order valence-corrected chi connectivity index (χ4v) is 8.21.